The molecule has 0 aromatic carbocycles. The first kappa shape index (κ1) is 11.7. The number of hydrogen-bond donors (Lipinski definition) is 1. The van der Waals surface area contributed by atoms with Crippen LogP contribution < -0.4 is 0 Å². The van der Waals surface area contributed by atoms with Crippen LogP contribution in [0.2, 0.25) is 0 Å². The predicted octanol–water partition coefficient (Wildman–Crippen LogP) is 2.69. The molecule has 0 unspecified atom stereocenters. The van der Waals surface area contributed by atoms with E-state index in [9.17, 15) is 9.90 Å². The quantitative estimate of drug-likeness (QED) is 0.754. The van der Waals surface area contributed by atoms with Crippen LogP contribution in [0.1, 0.15) is 58.8 Å². The minimum absolute atomic E-state index is 0.0993. The van der Waals surface area contributed by atoms with Gasteiger partial charge in [0.15, 0.2) is 5.78 Å². The lowest BCUT2D eigenvalue weighted by atomic mass is 9.78. The normalized spacial score (nSPS) is 19.6. The Morgan fingerprint density at radius 2 is 1.71 bits per heavy atom. The van der Waals surface area contributed by atoms with Crippen LogP contribution in [0.4, 0.5) is 0 Å². The summed E-state index contributed by atoms with van der Waals surface area (Å²) >= 11 is 0. The second kappa shape index (κ2) is 4.92. The van der Waals surface area contributed by atoms with Crippen molar-refractivity contribution in [1.29, 1.82) is 0 Å². The third-order valence-corrected chi connectivity index (χ3v) is 3.60. The highest BCUT2D eigenvalue weighted by molar-refractivity contribution is 5.89. The van der Waals surface area contributed by atoms with Gasteiger partial charge in [0, 0.05) is 5.92 Å². The van der Waals surface area contributed by atoms with E-state index < -0.39 is 5.60 Å². The molecule has 1 saturated carbocycles. The molecular formula is C12H22O2. The minimum Gasteiger partial charge on any atom is -0.382 e. The van der Waals surface area contributed by atoms with Gasteiger partial charge in [0.25, 0.3) is 0 Å². The molecule has 14 heavy (non-hydrogen) atoms. The molecule has 82 valence electrons. The highest BCUT2D eigenvalue weighted by Gasteiger charge is 2.37. The molecule has 1 fully saturated rings. The first-order chi connectivity index (χ1) is 6.64. The van der Waals surface area contributed by atoms with Gasteiger partial charge >= 0.3 is 0 Å². The molecule has 0 bridgehead atoms. The SMILES string of the molecule is CCC(O)(CC)C(=O)C1CCCCC1. The van der Waals surface area contributed by atoms with Gasteiger partial charge in [0.05, 0.1) is 0 Å². The minimum atomic E-state index is -1.04. The molecule has 1 N–H and O–H groups in total. The molecule has 0 saturated heterocycles. The molecule has 1 aliphatic rings. The molecular weight excluding hydrogens is 176 g/mol. The van der Waals surface area contributed by atoms with E-state index in [2.05, 4.69) is 0 Å². The smallest absolute Gasteiger partial charge is 0.167 e. The van der Waals surface area contributed by atoms with E-state index in [-0.39, 0.29) is 11.7 Å². The molecule has 2 nitrogen and oxygen atoms in total. The van der Waals surface area contributed by atoms with Crippen LogP contribution in [0, 0.1) is 5.92 Å². The Bertz CT molecular complexity index is 188. The lowest BCUT2D eigenvalue weighted by molar-refractivity contribution is -0.143. The van der Waals surface area contributed by atoms with Crippen LogP contribution in [0.25, 0.3) is 0 Å². The average molecular weight is 198 g/mol. The number of ketones is 1. The van der Waals surface area contributed by atoms with Crippen molar-refractivity contribution in [2.45, 2.75) is 64.4 Å². The van der Waals surface area contributed by atoms with Gasteiger partial charge < -0.3 is 5.11 Å². The Hall–Kier alpha value is -0.370. The molecule has 0 aromatic rings. The first-order valence-electron chi connectivity index (χ1n) is 5.90. The van der Waals surface area contributed by atoms with Crippen molar-refractivity contribution < 1.29 is 9.90 Å². The Morgan fingerprint density at radius 1 is 1.21 bits per heavy atom. The highest BCUT2D eigenvalue weighted by atomic mass is 16.3. The van der Waals surface area contributed by atoms with Crippen LogP contribution in [0.5, 0.6) is 0 Å². The standard InChI is InChI=1S/C12H22O2/c1-3-12(14,4-2)11(13)10-8-6-5-7-9-10/h10,14H,3-9H2,1-2H3. The van der Waals surface area contributed by atoms with E-state index in [0.717, 1.165) is 25.7 Å². The zero-order valence-corrected chi connectivity index (χ0v) is 9.38. The maximum absolute atomic E-state index is 12.0. The Morgan fingerprint density at radius 3 is 2.14 bits per heavy atom. The van der Waals surface area contributed by atoms with E-state index in [1.807, 2.05) is 13.8 Å². The van der Waals surface area contributed by atoms with E-state index in [0.29, 0.717) is 12.8 Å². The van der Waals surface area contributed by atoms with Crippen molar-refractivity contribution in [2.75, 3.05) is 0 Å². The maximum atomic E-state index is 12.0. The molecule has 0 aliphatic heterocycles. The fourth-order valence-corrected chi connectivity index (χ4v) is 2.34. The number of carbonyl (C=O) groups excluding carboxylic acids is 1. The summed E-state index contributed by atoms with van der Waals surface area (Å²) in [5.74, 6) is 0.232. The average Bonchev–Trinajstić information content (AvgIpc) is 2.28. The highest BCUT2D eigenvalue weighted by Crippen LogP contribution is 2.30. The molecule has 0 spiro atoms. The van der Waals surface area contributed by atoms with Crippen LogP contribution >= 0.6 is 0 Å². The summed E-state index contributed by atoms with van der Waals surface area (Å²) < 4.78 is 0. The number of Topliss-reactive ketones (excluding diaryl/α,β-unsaturated/α-hetero) is 1. The fraction of sp³-hybridized carbons (Fsp3) is 0.917. The van der Waals surface area contributed by atoms with Crippen LogP contribution in [0.15, 0.2) is 0 Å². The van der Waals surface area contributed by atoms with Crippen LogP contribution in [0.3, 0.4) is 0 Å². The second-order valence-electron chi connectivity index (χ2n) is 4.44. The lowest BCUT2D eigenvalue weighted by Crippen LogP contribution is -2.42. The van der Waals surface area contributed by atoms with Gasteiger partial charge in [-0.15, -0.1) is 0 Å². The number of rotatable bonds is 4. The summed E-state index contributed by atoms with van der Waals surface area (Å²) in [6.45, 7) is 3.79. The summed E-state index contributed by atoms with van der Waals surface area (Å²) in [5.41, 5.74) is -1.04. The van der Waals surface area contributed by atoms with Crippen molar-refractivity contribution in [3.63, 3.8) is 0 Å². The van der Waals surface area contributed by atoms with Gasteiger partial charge in [-0.25, -0.2) is 0 Å². The molecule has 2 heteroatoms. The third-order valence-electron chi connectivity index (χ3n) is 3.60. The Labute approximate surface area is 86.7 Å². The predicted molar refractivity (Wildman–Crippen MR) is 57.1 cm³/mol. The Kier molecular flexibility index (Phi) is 4.11. The third kappa shape index (κ3) is 2.35. The van der Waals surface area contributed by atoms with Crippen LogP contribution in [-0.4, -0.2) is 16.5 Å². The van der Waals surface area contributed by atoms with Gasteiger partial charge in [-0.05, 0) is 25.7 Å². The van der Waals surface area contributed by atoms with Crippen molar-refractivity contribution in [3.8, 4) is 0 Å². The van der Waals surface area contributed by atoms with Gasteiger partial charge in [-0.3, -0.25) is 4.79 Å². The lowest BCUT2D eigenvalue weighted by Gasteiger charge is -2.30. The Balaban J connectivity index is 2.61. The number of carbonyl (C=O) groups is 1. The second-order valence-corrected chi connectivity index (χ2v) is 4.44. The first-order valence-corrected chi connectivity index (χ1v) is 5.90. The summed E-state index contributed by atoms with van der Waals surface area (Å²) in [5, 5.41) is 10.1. The monoisotopic (exact) mass is 198 g/mol. The van der Waals surface area contributed by atoms with Gasteiger partial charge in [-0.1, -0.05) is 33.1 Å². The van der Waals surface area contributed by atoms with E-state index >= 15 is 0 Å². The zero-order valence-electron chi connectivity index (χ0n) is 9.38. The topological polar surface area (TPSA) is 37.3 Å². The summed E-state index contributed by atoms with van der Waals surface area (Å²) in [7, 11) is 0. The largest absolute Gasteiger partial charge is 0.382 e. The molecule has 0 amide bonds. The van der Waals surface area contributed by atoms with E-state index in [1.54, 1.807) is 0 Å². The fourth-order valence-electron chi connectivity index (χ4n) is 2.34. The van der Waals surface area contributed by atoms with Crippen LogP contribution in [-0.2, 0) is 4.79 Å². The van der Waals surface area contributed by atoms with Crippen molar-refractivity contribution in [2.24, 2.45) is 5.92 Å². The molecule has 0 aromatic heterocycles. The summed E-state index contributed by atoms with van der Waals surface area (Å²) in [6.07, 6.45) is 6.64. The molecule has 0 heterocycles. The molecule has 0 radical (unpaired) electrons. The van der Waals surface area contributed by atoms with E-state index in [1.165, 1.54) is 6.42 Å². The zero-order chi connectivity index (χ0) is 10.6. The number of hydrogen-bond acceptors (Lipinski definition) is 2. The molecule has 0 atom stereocenters. The van der Waals surface area contributed by atoms with Gasteiger partial charge in [0.1, 0.15) is 5.60 Å². The van der Waals surface area contributed by atoms with Crippen molar-refractivity contribution in [3.05, 3.63) is 0 Å². The van der Waals surface area contributed by atoms with Crippen molar-refractivity contribution in [1.82, 2.24) is 0 Å². The van der Waals surface area contributed by atoms with Gasteiger partial charge in [-0.2, -0.15) is 0 Å². The maximum Gasteiger partial charge on any atom is 0.167 e. The number of aliphatic hydroxyl groups is 1. The molecule has 1 rings (SSSR count). The summed E-state index contributed by atoms with van der Waals surface area (Å²) in [6, 6.07) is 0. The van der Waals surface area contributed by atoms with Gasteiger partial charge in [0.2, 0.25) is 0 Å². The summed E-state index contributed by atoms with van der Waals surface area (Å²) in [4.78, 5) is 12.0. The molecule has 1 aliphatic carbocycles. The van der Waals surface area contributed by atoms with E-state index in [4.69, 9.17) is 0 Å². The van der Waals surface area contributed by atoms with Crippen molar-refractivity contribution >= 4 is 5.78 Å².